The molecule has 0 saturated carbocycles. The van der Waals surface area contributed by atoms with Gasteiger partial charge in [0.05, 0.1) is 28.7 Å². The average Bonchev–Trinajstić information content (AvgIpc) is 2.66. The summed E-state index contributed by atoms with van der Waals surface area (Å²) in [5.74, 6) is 0. The van der Waals surface area contributed by atoms with E-state index in [1.54, 1.807) is 4.68 Å². The van der Waals surface area contributed by atoms with Gasteiger partial charge < -0.3 is 0 Å². The summed E-state index contributed by atoms with van der Waals surface area (Å²) < 4.78 is 4.66. The van der Waals surface area contributed by atoms with Gasteiger partial charge >= 0.3 is 0 Å². The number of halogens is 3. The highest BCUT2D eigenvalue weighted by Gasteiger charge is 2.15. The van der Waals surface area contributed by atoms with Crippen LogP contribution in [-0.4, -0.2) is 19.3 Å². The van der Waals surface area contributed by atoms with E-state index >= 15 is 0 Å². The third kappa shape index (κ3) is 2.87. The lowest BCUT2D eigenvalue weighted by molar-refractivity contribution is 0.638. The first-order valence-corrected chi connectivity index (χ1v) is 7.81. The van der Waals surface area contributed by atoms with Crippen LogP contribution in [0.3, 0.4) is 0 Å². The van der Waals surface area contributed by atoms with Crippen LogP contribution < -0.4 is 5.56 Å². The standard InChI is InChI=1S/C11H11BrClIN4O/c1-3-6-8(12)7(17(2)16-6)4-18-5-15-10(13)9(14)11(18)19/h5H,3-4H2,1-2H3. The summed E-state index contributed by atoms with van der Waals surface area (Å²) in [5, 5.41) is 4.64. The highest BCUT2D eigenvalue weighted by Crippen LogP contribution is 2.22. The van der Waals surface area contributed by atoms with Crippen LogP contribution in [0.25, 0.3) is 0 Å². The van der Waals surface area contributed by atoms with Crippen molar-refractivity contribution in [2.45, 2.75) is 19.9 Å². The first-order chi connectivity index (χ1) is 8.95. The Morgan fingerprint density at radius 2 is 2.21 bits per heavy atom. The fourth-order valence-electron chi connectivity index (χ4n) is 1.71. The number of nitrogens with zero attached hydrogens (tertiary/aromatic N) is 4. The molecule has 0 aromatic carbocycles. The van der Waals surface area contributed by atoms with Gasteiger partial charge in [-0.05, 0) is 44.9 Å². The normalized spacial score (nSPS) is 11.0. The minimum atomic E-state index is -0.147. The van der Waals surface area contributed by atoms with E-state index in [9.17, 15) is 4.79 Å². The van der Waals surface area contributed by atoms with Crippen LogP contribution in [0.2, 0.25) is 5.15 Å². The van der Waals surface area contributed by atoms with E-state index in [4.69, 9.17) is 11.6 Å². The number of hydrogen-bond acceptors (Lipinski definition) is 3. The quantitative estimate of drug-likeness (QED) is 0.526. The minimum absolute atomic E-state index is 0.147. The van der Waals surface area contributed by atoms with E-state index in [2.05, 4.69) is 26.0 Å². The molecule has 0 aliphatic carbocycles. The van der Waals surface area contributed by atoms with Crippen LogP contribution >= 0.6 is 50.1 Å². The van der Waals surface area contributed by atoms with Crippen LogP contribution in [0.15, 0.2) is 15.6 Å². The van der Waals surface area contributed by atoms with Gasteiger partial charge in [-0.1, -0.05) is 18.5 Å². The maximum Gasteiger partial charge on any atom is 0.268 e. The Kier molecular flexibility index (Phi) is 4.67. The molecule has 0 aliphatic rings. The van der Waals surface area contributed by atoms with E-state index in [0.717, 1.165) is 22.3 Å². The van der Waals surface area contributed by atoms with E-state index in [-0.39, 0.29) is 10.7 Å². The van der Waals surface area contributed by atoms with Gasteiger partial charge in [0.1, 0.15) is 8.72 Å². The zero-order valence-corrected chi connectivity index (χ0v) is 14.8. The molecule has 2 rings (SSSR count). The molecule has 0 aliphatic heterocycles. The molecule has 0 bridgehead atoms. The topological polar surface area (TPSA) is 52.7 Å². The van der Waals surface area contributed by atoms with Gasteiger partial charge in [0.25, 0.3) is 5.56 Å². The summed E-state index contributed by atoms with van der Waals surface area (Å²) in [6.07, 6.45) is 2.29. The second kappa shape index (κ2) is 5.92. The van der Waals surface area contributed by atoms with Crippen molar-refractivity contribution in [2.24, 2.45) is 7.05 Å². The molecule has 2 aromatic rings. The molecule has 0 atom stereocenters. The number of aromatic nitrogens is 4. The summed E-state index contributed by atoms with van der Waals surface area (Å²) in [6, 6.07) is 0. The Morgan fingerprint density at radius 3 is 2.79 bits per heavy atom. The molecule has 19 heavy (non-hydrogen) atoms. The smallest absolute Gasteiger partial charge is 0.268 e. The Labute approximate surface area is 137 Å². The molecule has 0 saturated heterocycles. The molecule has 0 N–H and O–H groups in total. The van der Waals surface area contributed by atoms with Crippen molar-refractivity contribution in [3.05, 3.63) is 41.3 Å². The molecule has 0 amide bonds. The monoisotopic (exact) mass is 456 g/mol. The average molecular weight is 457 g/mol. The van der Waals surface area contributed by atoms with Gasteiger partial charge in [0.2, 0.25) is 0 Å². The van der Waals surface area contributed by atoms with Gasteiger partial charge in [-0.15, -0.1) is 0 Å². The molecule has 8 heteroatoms. The fraction of sp³-hybridized carbons (Fsp3) is 0.364. The van der Waals surface area contributed by atoms with Crippen LogP contribution in [0, 0.1) is 3.57 Å². The Hall–Kier alpha value is -0.410. The molecule has 5 nitrogen and oxygen atoms in total. The van der Waals surface area contributed by atoms with Crippen molar-refractivity contribution in [1.82, 2.24) is 19.3 Å². The molecule has 102 valence electrons. The number of hydrogen-bond donors (Lipinski definition) is 0. The molecule has 0 fully saturated rings. The summed E-state index contributed by atoms with van der Waals surface area (Å²) >= 11 is 11.3. The molecule has 0 unspecified atom stereocenters. The van der Waals surface area contributed by atoms with Crippen LogP contribution in [0.1, 0.15) is 18.3 Å². The lowest BCUT2D eigenvalue weighted by Crippen LogP contribution is -2.24. The molecule has 0 spiro atoms. The van der Waals surface area contributed by atoms with Crippen molar-refractivity contribution in [2.75, 3.05) is 0 Å². The van der Waals surface area contributed by atoms with Gasteiger partial charge in [-0.25, -0.2) is 4.98 Å². The van der Waals surface area contributed by atoms with E-state index in [0.29, 0.717) is 10.1 Å². The fourth-order valence-corrected chi connectivity index (χ4v) is 3.02. The second-order valence-electron chi connectivity index (χ2n) is 3.97. The lowest BCUT2D eigenvalue weighted by atomic mass is 10.3. The zero-order valence-electron chi connectivity index (χ0n) is 10.3. The molecule has 2 aromatic heterocycles. The molecular formula is C11H11BrClIN4O. The molecule has 2 heterocycles. The van der Waals surface area contributed by atoms with E-state index in [1.807, 2.05) is 36.6 Å². The zero-order chi connectivity index (χ0) is 14.2. The van der Waals surface area contributed by atoms with Crippen LogP contribution in [0.5, 0.6) is 0 Å². The maximum atomic E-state index is 12.1. The second-order valence-corrected chi connectivity index (χ2v) is 6.20. The number of aryl methyl sites for hydroxylation is 2. The molecule has 0 radical (unpaired) electrons. The van der Waals surface area contributed by atoms with Gasteiger partial charge in [0.15, 0.2) is 0 Å². The van der Waals surface area contributed by atoms with Gasteiger partial charge in [-0.2, -0.15) is 5.10 Å². The Balaban J connectivity index is 2.45. The molecular weight excluding hydrogens is 446 g/mol. The third-order valence-electron chi connectivity index (χ3n) is 2.76. The SMILES string of the molecule is CCc1nn(C)c(Cn2cnc(Cl)c(I)c2=O)c1Br. The van der Waals surface area contributed by atoms with Crippen molar-refractivity contribution in [3.63, 3.8) is 0 Å². The van der Waals surface area contributed by atoms with E-state index in [1.165, 1.54) is 10.9 Å². The van der Waals surface area contributed by atoms with Crippen molar-refractivity contribution >= 4 is 50.1 Å². The summed E-state index contributed by atoms with van der Waals surface area (Å²) in [7, 11) is 1.86. The Morgan fingerprint density at radius 1 is 1.53 bits per heavy atom. The first kappa shape index (κ1) is 15.0. The first-order valence-electron chi connectivity index (χ1n) is 5.56. The predicted molar refractivity (Wildman–Crippen MR) is 85.6 cm³/mol. The maximum absolute atomic E-state index is 12.1. The van der Waals surface area contributed by atoms with Crippen LogP contribution in [-0.2, 0) is 20.0 Å². The summed E-state index contributed by atoms with van der Waals surface area (Å²) in [6.45, 7) is 2.44. The minimum Gasteiger partial charge on any atom is -0.292 e. The number of rotatable bonds is 3. The lowest BCUT2D eigenvalue weighted by Gasteiger charge is -2.07. The highest BCUT2D eigenvalue weighted by atomic mass is 127. The van der Waals surface area contributed by atoms with Gasteiger partial charge in [-0.3, -0.25) is 14.0 Å². The summed E-state index contributed by atoms with van der Waals surface area (Å²) in [4.78, 5) is 16.1. The van der Waals surface area contributed by atoms with E-state index < -0.39 is 0 Å². The van der Waals surface area contributed by atoms with Crippen molar-refractivity contribution in [1.29, 1.82) is 0 Å². The summed E-state index contributed by atoms with van der Waals surface area (Å²) in [5.41, 5.74) is 1.76. The van der Waals surface area contributed by atoms with Gasteiger partial charge in [0, 0.05) is 7.05 Å². The highest BCUT2D eigenvalue weighted by molar-refractivity contribution is 14.1. The predicted octanol–water partition coefficient (Wildman–Crippen LogP) is 2.61. The van der Waals surface area contributed by atoms with Crippen LogP contribution in [0.4, 0.5) is 0 Å². The Bertz CT molecular complexity index is 682. The third-order valence-corrected chi connectivity index (χ3v) is 5.26. The van der Waals surface area contributed by atoms with Crippen molar-refractivity contribution < 1.29 is 0 Å². The van der Waals surface area contributed by atoms with Crippen molar-refractivity contribution in [3.8, 4) is 0 Å². The largest absolute Gasteiger partial charge is 0.292 e.